The van der Waals surface area contributed by atoms with E-state index in [0.29, 0.717) is 40.8 Å². The fourth-order valence-corrected chi connectivity index (χ4v) is 3.67. The zero-order valence-corrected chi connectivity index (χ0v) is 18.4. The van der Waals surface area contributed by atoms with Crippen molar-refractivity contribution < 1.29 is 23.7 Å². The average Bonchev–Trinajstić information content (AvgIpc) is 3.20. The molecule has 0 aliphatic carbocycles. The van der Waals surface area contributed by atoms with E-state index in [0.717, 1.165) is 16.5 Å². The topological polar surface area (TPSA) is 71.8 Å². The fraction of sp³-hybridized carbons (Fsp3) is 0.200. The molecule has 0 N–H and O–H groups in total. The molecule has 0 saturated heterocycles. The van der Waals surface area contributed by atoms with Gasteiger partial charge in [0.1, 0.15) is 11.4 Å². The molecule has 0 unspecified atom stereocenters. The van der Waals surface area contributed by atoms with Crippen molar-refractivity contribution in [1.82, 2.24) is 9.78 Å². The van der Waals surface area contributed by atoms with Crippen molar-refractivity contribution in [2.24, 2.45) is 0 Å². The van der Waals surface area contributed by atoms with E-state index in [4.69, 9.17) is 18.9 Å². The van der Waals surface area contributed by atoms with Crippen LogP contribution in [0.5, 0.6) is 23.0 Å². The predicted molar refractivity (Wildman–Crippen MR) is 121 cm³/mol. The van der Waals surface area contributed by atoms with Crippen molar-refractivity contribution >= 4 is 16.7 Å². The van der Waals surface area contributed by atoms with Gasteiger partial charge in [-0.1, -0.05) is 30.3 Å². The van der Waals surface area contributed by atoms with Crippen LogP contribution in [0.25, 0.3) is 10.9 Å². The highest BCUT2D eigenvalue weighted by Gasteiger charge is 2.23. The molecule has 1 aromatic heterocycles. The minimum atomic E-state index is -0.244. The molecule has 0 saturated carbocycles. The third-order valence-electron chi connectivity index (χ3n) is 5.28. The monoisotopic (exact) mass is 432 g/mol. The Labute approximate surface area is 186 Å². The summed E-state index contributed by atoms with van der Waals surface area (Å²) in [5.41, 5.74) is 2.62. The van der Waals surface area contributed by atoms with E-state index in [1.165, 1.54) is 21.3 Å². The molecule has 164 valence electrons. The van der Waals surface area contributed by atoms with Crippen LogP contribution in [0.4, 0.5) is 0 Å². The van der Waals surface area contributed by atoms with Crippen LogP contribution in [-0.4, -0.2) is 44.0 Å². The lowest BCUT2D eigenvalue weighted by Gasteiger charge is -2.13. The maximum absolute atomic E-state index is 13.6. The van der Waals surface area contributed by atoms with Gasteiger partial charge in [0.25, 0.3) is 0 Å². The van der Waals surface area contributed by atoms with Gasteiger partial charge in [-0.05, 0) is 29.8 Å². The largest absolute Gasteiger partial charge is 0.497 e. The molecule has 1 heterocycles. The summed E-state index contributed by atoms with van der Waals surface area (Å²) in [7, 11) is 6.17. The van der Waals surface area contributed by atoms with Gasteiger partial charge in [-0.15, -0.1) is 0 Å². The third kappa shape index (κ3) is 3.85. The van der Waals surface area contributed by atoms with Crippen LogP contribution in [-0.2, 0) is 6.54 Å². The Bertz CT molecular complexity index is 1240. The molecule has 0 atom stereocenters. The number of hydrogen-bond acceptors (Lipinski definition) is 6. The molecule has 4 rings (SSSR count). The summed E-state index contributed by atoms with van der Waals surface area (Å²) >= 11 is 0. The number of ketones is 1. The van der Waals surface area contributed by atoms with Crippen molar-refractivity contribution in [3.05, 3.63) is 77.5 Å². The Morgan fingerprint density at radius 3 is 2.12 bits per heavy atom. The second-order valence-corrected chi connectivity index (χ2v) is 7.12. The number of carbonyl (C=O) groups is 1. The average molecular weight is 432 g/mol. The summed E-state index contributed by atoms with van der Waals surface area (Å²) in [6.07, 6.45) is 0. The Morgan fingerprint density at radius 1 is 0.844 bits per heavy atom. The smallest absolute Gasteiger partial charge is 0.214 e. The number of carbonyl (C=O) groups excluding carboxylic acids is 1. The van der Waals surface area contributed by atoms with E-state index < -0.39 is 0 Å². The Balaban J connectivity index is 1.85. The summed E-state index contributed by atoms with van der Waals surface area (Å²) < 4.78 is 23.4. The number of ether oxygens (including phenoxy) is 4. The minimum Gasteiger partial charge on any atom is -0.497 e. The Kier molecular flexibility index (Phi) is 5.98. The van der Waals surface area contributed by atoms with Crippen LogP contribution >= 0.6 is 0 Å². The normalized spacial score (nSPS) is 10.8. The summed E-state index contributed by atoms with van der Waals surface area (Å²) in [5, 5.41) is 5.43. The first kappa shape index (κ1) is 21.2. The molecule has 4 aromatic rings. The first-order chi connectivity index (χ1) is 15.6. The molecular weight excluding hydrogens is 408 g/mol. The highest BCUT2D eigenvalue weighted by atomic mass is 16.5. The predicted octanol–water partition coefficient (Wildman–Crippen LogP) is 4.35. The number of nitrogens with zero attached hydrogens (tertiary/aromatic N) is 2. The van der Waals surface area contributed by atoms with Gasteiger partial charge in [-0.25, -0.2) is 0 Å². The van der Waals surface area contributed by atoms with Crippen LogP contribution in [0.3, 0.4) is 0 Å². The molecule has 0 fully saturated rings. The van der Waals surface area contributed by atoms with Crippen molar-refractivity contribution in [2.45, 2.75) is 6.54 Å². The molecule has 7 nitrogen and oxygen atoms in total. The van der Waals surface area contributed by atoms with Crippen LogP contribution in [0.2, 0.25) is 0 Å². The minimum absolute atomic E-state index is 0.244. The molecule has 0 bridgehead atoms. The molecule has 0 amide bonds. The first-order valence-corrected chi connectivity index (χ1v) is 10.0. The summed E-state index contributed by atoms with van der Waals surface area (Å²) in [5.74, 6) is 1.69. The van der Waals surface area contributed by atoms with Crippen LogP contribution in [0.15, 0.2) is 60.7 Å². The van der Waals surface area contributed by atoms with Gasteiger partial charge >= 0.3 is 0 Å². The van der Waals surface area contributed by atoms with Gasteiger partial charge in [0.05, 0.1) is 40.5 Å². The standard InChI is InChI=1S/C25H24N2O5/c1-29-18-10-11-19-20(14-18)27(15-16-8-6-5-7-9-16)26-23(19)24(28)17-12-21(30-2)25(32-4)22(13-17)31-3/h5-14H,15H2,1-4H3. The van der Waals surface area contributed by atoms with E-state index >= 15 is 0 Å². The van der Waals surface area contributed by atoms with Gasteiger partial charge in [0.2, 0.25) is 11.5 Å². The van der Waals surface area contributed by atoms with E-state index in [1.54, 1.807) is 19.2 Å². The van der Waals surface area contributed by atoms with Crippen molar-refractivity contribution in [2.75, 3.05) is 28.4 Å². The number of benzene rings is 3. The SMILES string of the molecule is COc1ccc2c(C(=O)c3cc(OC)c(OC)c(OC)c3)nn(Cc3ccccc3)c2c1. The molecule has 0 aliphatic heterocycles. The van der Waals surface area contributed by atoms with E-state index in [-0.39, 0.29) is 5.78 Å². The first-order valence-electron chi connectivity index (χ1n) is 10.0. The maximum atomic E-state index is 13.6. The zero-order chi connectivity index (χ0) is 22.7. The van der Waals surface area contributed by atoms with Gasteiger partial charge in [-0.3, -0.25) is 9.48 Å². The van der Waals surface area contributed by atoms with Crippen LogP contribution in [0.1, 0.15) is 21.6 Å². The number of rotatable bonds is 8. The molecule has 0 radical (unpaired) electrons. The summed E-state index contributed by atoms with van der Waals surface area (Å²) in [4.78, 5) is 13.6. The summed E-state index contributed by atoms with van der Waals surface area (Å²) in [6.45, 7) is 0.521. The van der Waals surface area contributed by atoms with E-state index in [2.05, 4.69) is 5.10 Å². The van der Waals surface area contributed by atoms with E-state index in [1.807, 2.05) is 53.2 Å². The van der Waals surface area contributed by atoms with E-state index in [9.17, 15) is 4.79 Å². The zero-order valence-electron chi connectivity index (χ0n) is 18.4. The highest BCUT2D eigenvalue weighted by molar-refractivity contribution is 6.15. The lowest BCUT2D eigenvalue weighted by Crippen LogP contribution is -2.07. The second-order valence-electron chi connectivity index (χ2n) is 7.12. The number of fused-ring (bicyclic) bond motifs is 1. The summed E-state index contributed by atoms with van der Waals surface area (Å²) in [6, 6.07) is 18.8. The Morgan fingerprint density at radius 2 is 1.53 bits per heavy atom. The highest BCUT2D eigenvalue weighted by Crippen LogP contribution is 2.39. The quantitative estimate of drug-likeness (QED) is 0.386. The van der Waals surface area contributed by atoms with Crippen molar-refractivity contribution in [1.29, 1.82) is 0 Å². The van der Waals surface area contributed by atoms with Crippen LogP contribution in [0, 0.1) is 0 Å². The number of hydrogen-bond donors (Lipinski definition) is 0. The fourth-order valence-electron chi connectivity index (χ4n) is 3.67. The third-order valence-corrected chi connectivity index (χ3v) is 5.28. The molecule has 7 heteroatoms. The van der Waals surface area contributed by atoms with Crippen molar-refractivity contribution in [3.63, 3.8) is 0 Å². The van der Waals surface area contributed by atoms with Gasteiger partial charge in [-0.2, -0.15) is 5.10 Å². The lowest BCUT2D eigenvalue weighted by atomic mass is 10.0. The second kappa shape index (κ2) is 9.01. The molecular formula is C25H24N2O5. The van der Waals surface area contributed by atoms with Gasteiger partial charge < -0.3 is 18.9 Å². The molecule has 0 aliphatic rings. The molecule has 0 spiro atoms. The lowest BCUT2D eigenvalue weighted by molar-refractivity contribution is 0.103. The Hall–Kier alpha value is -4.00. The van der Waals surface area contributed by atoms with Crippen LogP contribution < -0.4 is 18.9 Å². The molecule has 3 aromatic carbocycles. The maximum Gasteiger partial charge on any atom is 0.214 e. The molecule has 32 heavy (non-hydrogen) atoms. The van der Waals surface area contributed by atoms with Gasteiger partial charge in [0.15, 0.2) is 11.5 Å². The van der Waals surface area contributed by atoms with Gasteiger partial charge in [0, 0.05) is 17.0 Å². The van der Waals surface area contributed by atoms with Crippen molar-refractivity contribution in [3.8, 4) is 23.0 Å². The number of aromatic nitrogens is 2. The number of methoxy groups -OCH3 is 4.